The molecule has 1 amide bonds. The Morgan fingerprint density at radius 3 is 2.77 bits per heavy atom. The van der Waals surface area contributed by atoms with E-state index in [1.54, 1.807) is 4.90 Å². The van der Waals surface area contributed by atoms with E-state index in [0.717, 1.165) is 16.5 Å². The molecular formula is C18H18BrNO2. The summed E-state index contributed by atoms with van der Waals surface area (Å²) in [6.07, 6.45) is 0.635. The Morgan fingerprint density at radius 2 is 2.00 bits per heavy atom. The van der Waals surface area contributed by atoms with Crippen LogP contribution in [0.25, 0.3) is 0 Å². The van der Waals surface area contributed by atoms with Gasteiger partial charge in [0, 0.05) is 17.6 Å². The topological polar surface area (TPSA) is 29.5 Å². The molecule has 3 nitrogen and oxygen atoms in total. The van der Waals surface area contributed by atoms with Gasteiger partial charge in [0.2, 0.25) is 0 Å². The molecule has 0 saturated heterocycles. The van der Waals surface area contributed by atoms with Crippen LogP contribution in [0.15, 0.2) is 46.9 Å². The van der Waals surface area contributed by atoms with Crippen molar-refractivity contribution in [2.75, 3.05) is 6.54 Å². The van der Waals surface area contributed by atoms with E-state index in [0.29, 0.717) is 19.7 Å². The van der Waals surface area contributed by atoms with Crippen molar-refractivity contribution >= 4 is 22.0 Å². The lowest BCUT2D eigenvalue weighted by Gasteiger charge is -2.29. The minimum atomic E-state index is -0.241. The Hall–Kier alpha value is -1.81. The Bertz CT molecular complexity index is 685. The third kappa shape index (κ3) is 3.17. The van der Waals surface area contributed by atoms with Crippen LogP contribution in [-0.4, -0.2) is 17.5 Å². The molecule has 1 aliphatic rings. The summed E-state index contributed by atoms with van der Waals surface area (Å²) < 4.78 is 6.55. The van der Waals surface area contributed by atoms with Crippen LogP contribution in [0.1, 0.15) is 22.3 Å². The maximum atomic E-state index is 12.2. The lowest BCUT2D eigenvalue weighted by Crippen LogP contribution is -2.36. The van der Waals surface area contributed by atoms with Gasteiger partial charge in [-0.15, -0.1) is 0 Å². The molecule has 0 N–H and O–H groups in total. The predicted molar refractivity (Wildman–Crippen MR) is 89.6 cm³/mol. The lowest BCUT2D eigenvalue weighted by atomic mass is 9.95. The first-order valence-electron chi connectivity index (χ1n) is 7.37. The molecule has 0 unspecified atom stereocenters. The Labute approximate surface area is 139 Å². The van der Waals surface area contributed by atoms with Crippen molar-refractivity contribution in [3.63, 3.8) is 0 Å². The molecule has 114 valence electrons. The number of ether oxygens (including phenoxy) is 1. The third-order valence-corrected chi connectivity index (χ3v) is 4.94. The summed E-state index contributed by atoms with van der Waals surface area (Å²) >= 11 is 3.56. The van der Waals surface area contributed by atoms with Gasteiger partial charge in [-0.3, -0.25) is 0 Å². The van der Waals surface area contributed by atoms with Gasteiger partial charge in [0.1, 0.15) is 6.61 Å². The first kappa shape index (κ1) is 15.1. The molecule has 0 atom stereocenters. The van der Waals surface area contributed by atoms with Crippen LogP contribution in [-0.2, 0) is 24.3 Å². The highest BCUT2D eigenvalue weighted by Crippen LogP contribution is 2.28. The molecule has 1 heterocycles. The molecule has 0 spiro atoms. The molecule has 3 rings (SSSR count). The van der Waals surface area contributed by atoms with Crippen LogP contribution in [0.5, 0.6) is 0 Å². The monoisotopic (exact) mass is 359 g/mol. The number of rotatable bonds is 2. The zero-order valence-electron chi connectivity index (χ0n) is 12.5. The highest BCUT2D eigenvalue weighted by Gasteiger charge is 2.23. The van der Waals surface area contributed by atoms with Gasteiger partial charge in [-0.05, 0) is 41.7 Å². The van der Waals surface area contributed by atoms with Gasteiger partial charge >= 0.3 is 6.09 Å². The van der Waals surface area contributed by atoms with Crippen LogP contribution in [0.4, 0.5) is 4.79 Å². The van der Waals surface area contributed by atoms with Gasteiger partial charge in [-0.1, -0.05) is 52.3 Å². The number of hydrogen-bond donors (Lipinski definition) is 0. The second kappa shape index (κ2) is 6.53. The molecule has 0 saturated carbocycles. The van der Waals surface area contributed by atoms with Crippen LogP contribution in [0, 0.1) is 6.92 Å². The van der Waals surface area contributed by atoms with Crippen molar-refractivity contribution in [2.45, 2.75) is 26.5 Å². The van der Waals surface area contributed by atoms with E-state index in [-0.39, 0.29) is 6.09 Å². The minimum absolute atomic E-state index is 0.241. The van der Waals surface area contributed by atoms with Crippen LogP contribution in [0.3, 0.4) is 0 Å². The average molecular weight is 360 g/mol. The van der Waals surface area contributed by atoms with Crippen LogP contribution < -0.4 is 0 Å². The van der Waals surface area contributed by atoms with E-state index < -0.39 is 0 Å². The fourth-order valence-corrected chi connectivity index (χ4v) is 3.15. The second-order valence-electron chi connectivity index (χ2n) is 5.52. The number of amides is 1. The van der Waals surface area contributed by atoms with Crippen molar-refractivity contribution in [3.8, 4) is 0 Å². The third-order valence-electron chi connectivity index (χ3n) is 4.09. The highest BCUT2D eigenvalue weighted by atomic mass is 79.9. The summed E-state index contributed by atoms with van der Waals surface area (Å²) in [5, 5.41) is 0. The average Bonchev–Trinajstić information content (AvgIpc) is 2.56. The molecule has 22 heavy (non-hydrogen) atoms. The van der Waals surface area contributed by atoms with Crippen molar-refractivity contribution in [2.24, 2.45) is 0 Å². The van der Waals surface area contributed by atoms with E-state index in [1.165, 1.54) is 16.7 Å². The molecular weight excluding hydrogens is 342 g/mol. The Balaban J connectivity index is 1.64. The van der Waals surface area contributed by atoms with Gasteiger partial charge in [0.05, 0.1) is 0 Å². The van der Waals surface area contributed by atoms with Crippen LogP contribution in [0.2, 0.25) is 0 Å². The molecule has 4 heteroatoms. The van der Waals surface area contributed by atoms with Gasteiger partial charge in [0.25, 0.3) is 0 Å². The summed E-state index contributed by atoms with van der Waals surface area (Å²) in [4.78, 5) is 14.0. The van der Waals surface area contributed by atoms with Crippen molar-refractivity contribution in [3.05, 3.63) is 69.2 Å². The van der Waals surface area contributed by atoms with E-state index in [1.807, 2.05) is 36.4 Å². The molecule has 2 aromatic rings. The summed E-state index contributed by atoms with van der Waals surface area (Å²) in [6.45, 7) is 3.77. The molecule has 0 bridgehead atoms. The minimum Gasteiger partial charge on any atom is -0.445 e. The summed E-state index contributed by atoms with van der Waals surface area (Å²) in [6, 6.07) is 13.9. The Kier molecular flexibility index (Phi) is 4.48. The lowest BCUT2D eigenvalue weighted by molar-refractivity contribution is 0.0918. The number of carbonyl (C=O) groups excluding carboxylic acids is 1. The molecule has 0 fully saturated rings. The fraction of sp³-hybridized carbons (Fsp3) is 0.278. The molecule has 2 aromatic carbocycles. The van der Waals surface area contributed by atoms with E-state index >= 15 is 0 Å². The van der Waals surface area contributed by atoms with E-state index in [4.69, 9.17) is 4.74 Å². The molecule has 0 radical (unpaired) electrons. The normalized spacial score (nSPS) is 13.6. The fourth-order valence-electron chi connectivity index (χ4n) is 2.78. The zero-order chi connectivity index (χ0) is 15.5. The number of halogens is 1. The molecule has 0 aromatic heterocycles. The number of hydrogen-bond acceptors (Lipinski definition) is 2. The van der Waals surface area contributed by atoms with Gasteiger partial charge in [0.15, 0.2) is 0 Å². The largest absolute Gasteiger partial charge is 0.445 e. The SMILES string of the molecule is Cc1c(Br)ccc2c1CCN(C(=O)OCc1ccccc1)C2. The molecule has 1 aliphatic heterocycles. The van der Waals surface area contributed by atoms with Gasteiger partial charge < -0.3 is 9.64 Å². The number of fused-ring (bicyclic) bond motifs is 1. The highest BCUT2D eigenvalue weighted by molar-refractivity contribution is 9.10. The summed E-state index contributed by atoms with van der Waals surface area (Å²) in [5.74, 6) is 0. The van der Waals surface area contributed by atoms with Crippen molar-refractivity contribution in [1.82, 2.24) is 4.90 Å². The van der Waals surface area contributed by atoms with Gasteiger partial charge in [-0.25, -0.2) is 4.79 Å². The van der Waals surface area contributed by atoms with Crippen molar-refractivity contribution < 1.29 is 9.53 Å². The van der Waals surface area contributed by atoms with Gasteiger partial charge in [-0.2, -0.15) is 0 Å². The first-order valence-corrected chi connectivity index (χ1v) is 8.17. The van der Waals surface area contributed by atoms with Crippen LogP contribution >= 0.6 is 15.9 Å². The second-order valence-corrected chi connectivity index (χ2v) is 6.38. The smallest absolute Gasteiger partial charge is 0.410 e. The Morgan fingerprint density at radius 1 is 1.23 bits per heavy atom. The van der Waals surface area contributed by atoms with Crippen molar-refractivity contribution in [1.29, 1.82) is 0 Å². The quantitative estimate of drug-likeness (QED) is 0.792. The zero-order valence-corrected chi connectivity index (χ0v) is 14.1. The number of benzene rings is 2. The summed E-state index contributed by atoms with van der Waals surface area (Å²) in [5.41, 5.74) is 4.84. The predicted octanol–water partition coefficient (Wildman–Crippen LogP) is 4.45. The number of nitrogens with zero attached hydrogens (tertiary/aromatic N) is 1. The first-order chi connectivity index (χ1) is 10.6. The van der Waals surface area contributed by atoms with E-state index in [9.17, 15) is 4.79 Å². The molecule has 0 aliphatic carbocycles. The number of carbonyl (C=O) groups is 1. The van der Waals surface area contributed by atoms with E-state index in [2.05, 4.69) is 28.9 Å². The summed E-state index contributed by atoms with van der Waals surface area (Å²) in [7, 11) is 0. The maximum Gasteiger partial charge on any atom is 0.410 e. The maximum absolute atomic E-state index is 12.2. The standard InChI is InChI=1S/C18H18BrNO2/c1-13-16-9-10-20(11-15(16)7-8-17(13)19)18(21)22-12-14-5-3-2-4-6-14/h2-8H,9-12H2,1H3.